The molecule has 5 nitrogen and oxygen atoms in total. The number of para-hydroxylation sites is 6. The average molecular weight is 694 g/mol. The molecule has 5 heteroatoms. The minimum absolute atomic E-state index is 0.238. The van der Waals surface area contributed by atoms with Crippen molar-refractivity contribution in [2.75, 3.05) is 0 Å². The topological polar surface area (TPSA) is 57.0 Å². The van der Waals surface area contributed by atoms with Crippen LogP contribution in [0.25, 0.3) is 105 Å². The van der Waals surface area contributed by atoms with E-state index >= 15 is 0 Å². The first-order chi connectivity index (χ1) is 26.5. The Labute approximate surface area is 309 Å². The molecular weight excluding hydrogens is 663 g/mol. The summed E-state index contributed by atoms with van der Waals surface area (Å²) in [7, 11) is 0. The summed E-state index contributed by atoms with van der Waals surface area (Å²) in [6.07, 6.45) is 0. The lowest BCUT2D eigenvalue weighted by atomic mass is 9.73. The van der Waals surface area contributed by atoms with E-state index < -0.39 is 0 Å². The number of rotatable bonds is 3. The van der Waals surface area contributed by atoms with Crippen molar-refractivity contribution < 1.29 is 8.83 Å². The normalized spacial score (nSPS) is 13.5. The Kier molecular flexibility index (Phi) is 5.78. The van der Waals surface area contributed by atoms with E-state index in [9.17, 15) is 0 Å². The Morgan fingerprint density at radius 3 is 2.00 bits per heavy atom. The number of furan rings is 2. The number of nitrogens with zero attached hydrogens (tertiary/aromatic N) is 3. The van der Waals surface area contributed by atoms with Gasteiger partial charge in [-0.2, -0.15) is 0 Å². The van der Waals surface area contributed by atoms with Crippen LogP contribution in [0.2, 0.25) is 0 Å². The third kappa shape index (κ3) is 3.88. The van der Waals surface area contributed by atoms with E-state index in [1.165, 1.54) is 22.3 Å². The van der Waals surface area contributed by atoms with E-state index in [2.05, 4.69) is 140 Å². The van der Waals surface area contributed by atoms with Gasteiger partial charge < -0.3 is 13.4 Å². The Balaban J connectivity index is 1.10. The van der Waals surface area contributed by atoms with E-state index in [-0.39, 0.29) is 5.41 Å². The van der Waals surface area contributed by atoms with E-state index in [1.807, 2.05) is 30.3 Å². The molecule has 254 valence electrons. The molecule has 0 saturated heterocycles. The molecule has 0 N–H and O–H groups in total. The van der Waals surface area contributed by atoms with Crippen LogP contribution in [-0.4, -0.2) is 14.5 Å². The van der Waals surface area contributed by atoms with Gasteiger partial charge in [0.15, 0.2) is 11.4 Å². The average Bonchev–Trinajstić information content (AvgIpc) is 3.89. The van der Waals surface area contributed by atoms with Gasteiger partial charge in [0, 0.05) is 49.0 Å². The Hall–Kier alpha value is -6.98. The molecule has 0 bridgehead atoms. The first-order valence-corrected chi connectivity index (χ1v) is 18.4. The third-order valence-electron chi connectivity index (χ3n) is 11.6. The maximum Gasteiger partial charge on any atom is 0.161 e. The summed E-state index contributed by atoms with van der Waals surface area (Å²) >= 11 is 0. The monoisotopic (exact) mass is 693 g/mol. The summed E-state index contributed by atoms with van der Waals surface area (Å²) < 4.78 is 15.6. The smallest absolute Gasteiger partial charge is 0.161 e. The van der Waals surface area contributed by atoms with Crippen molar-refractivity contribution in [1.82, 2.24) is 14.5 Å². The van der Waals surface area contributed by atoms with E-state index in [4.69, 9.17) is 18.8 Å². The zero-order valence-electron chi connectivity index (χ0n) is 29.6. The van der Waals surface area contributed by atoms with Crippen LogP contribution in [0.4, 0.5) is 0 Å². The van der Waals surface area contributed by atoms with Crippen LogP contribution in [-0.2, 0) is 5.41 Å². The molecule has 12 rings (SSSR count). The third-order valence-corrected chi connectivity index (χ3v) is 11.6. The molecule has 4 aromatic heterocycles. The fraction of sp³-hybridized carbons (Fsp3) is 0.0612. The summed E-state index contributed by atoms with van der Waals surface area (Å²) in [5, 5.41) is 5.40. The second kappa shape index (κ2) is 10.6. The molecule has 1 aliphatic heterocycles. The molecule has 0 radical (unpaired) electrons. The highest BCUT2D eigenvalue weighted by molar-refractivity contribution is 6.18. The molecule has 0 amide bonds. The zero-order chi connectivity index (χ0) is 35.7. The molecule has 11 aromatic rings. The van der Waals surface area contributed by atoms with E-state index in [0.717, 1.165) is 88.2 Å². The maximum absolute atomic E-state index is 6.62. The van der Waals surface area contributed by atoms with Gasteiger partial charge in [-0.15, -0.1) is 0 Å². The van der Waals surface area contributed by atoms with Crippen molar-refractivity contribution in [3.8, 4) is 39.5 Å². The van der Waals surface area contributed by atoms with Crippen molar-refractivity contribution in [2.24, 2.45) is 0 Å². The number of benzene rings is 7. The number of aromatic nitrogens is 3. The van der Waals surface area contributed by atoms with Crippen molar-refractivity contribution in [1.29, 1.82) is 0 Å². The Bertz CT molecular complexity index is 3380. The van der Waals surface area contributed by atoms with Crippen LogP contribution in [0.5, 0.6) is 0 Å². The van der Waals surface area contributed by atoms with E-state index in [1.54, 1.807) is 0 Å². The van der Waals surface area contributed by atoms with Crippen LogP contribution in [0.1, 0.15) is 25.0 Å². The van der Waals surface area contributed by atoms with Crippen LogP contribution in [0, 0.1) is 0 Å². The van der Waals surface area contributed by atoms with Crippen LogP contribution < -0.4 is 0 Å². The molecule has 0 atom stereocenters. The lowest BCUT2D eigenvalue weighted by molar-refractivity contribution is 0.631. The molecule has 0 fully saturated rings. The number of hydrogen-bond acceptors (Lipinski definition) is 4. The van der Waals surface area contributed by atoms with Gasteiger partial charge in [-0.05, 0) is 59.2 Å². The molecule has 0 spiro atoms. The zero-order valence-corrected chi connectivity index (χ0v) is 29.6. The Morgan fingerprint density at radius 2 is 1.11 bits per heavy atom. The van der Waals surface area contributed by atoms with Gasteiger partial charge >= 0.3 is 0 Å². The van der Waals surface area contributed by atoms with Crippen LogP contribution in [0.3, 0.4) is 0 Å². The second-order valence-corrected chi connectivity index (χ2v) is 14.9. The number of hydrogen-bond donors (Lipinski definition) is 0. The number of fused-ring (bicyclic) bond motifs is 11. The van der Waals surface area contributed by atoms with Gasteiger partial charge in [0.05, 0.1) is 22.4 Å². The molecular formula is C49H31N3O2. The van der Waals surface area contributed by atoms with Gasteiger partial charge in [0.25, 0.3) is 0 Å². The van der Waals surface area contributed by atoms with Gasteiger partial charge in [-0.1, -0.05) is 123 Å². The molecule has 54 heavy (non-hydrogen) atoms. The second-order valence-electron chi connectivity index (χ2n) is 14.9. The molecule has 0 unspecified atom stereocenters. The summed E-state index contributed by atoms with van der Waals surface area (Å²) in [4.78, 5) is 10.5. The van der Waals surface area contributed by atoms with Crippen molar-refractivity contribution in [2.45, 2.75) is 19.3 Å². The molecule has 0 aliphatic carbocycles. The SMILES string of the molecule is CC1(C)c2cccc(-c3cccc(-c4nc(-c5cccc6c5oc5ccccc56)c5ccccc5n4)c3)c2-n2c3c1cccc3c1oc3ccccc3c12. The highest BCUT2D eigenvalue weighted by atomic mass is 16.3. The Morgan fingerprint density at radius 1 is 0.481 bits per heavy atom. The fourth-order valence-corrected chi connectivity index (χ4v) is 9.08. The van der Waals surface area contributed by atoms with Crippen molar-refractivity contribution >= 4 is 65.8 Å². The molecule has 5 heterocycles. The van der Waals surface area contributed by atoms with Crippen LogP contribution in [0.15, 0.2) is 160 Å². The predicted octanol–water partition coefficient (Wildman–Crippen LogP) is 13.0. The molecule has 0 saturated carbocycles. The standard InChI is InChI=1S/C49H31N3O2/c1-49(2)37-22-11-18-30(43(37)52-44-36(21-12-23-38(44)49)47-45(52)34-17-5-8-26-41(34)54-47)28-13-9-14-29(27-28)48-50-39-24-6-3-16-33(39)42(51-48)35-20-10-19-32-31-15-4-7-25-40(31)53-46(32)35/h3-27H,1-2H3. The summed E-state index contributed by atoms with van der Waals surface area (Å²) in [5.41, 5.74) is 15.2. The lowest BCUT2D eigenvalue weighted by Crippen LogP contribution is -2.26. The maximum atomic E-state index is 6.62. The van der Waals surface area contributed by atoms with E-state index in [0.29, 0.717) is 5.82 Å². The first-order valence-electron chi connectivity index (χ1n) is 18.4. The lowest BCUT2D eigenvalue weighted by Gasteiger charge is -2.35. The summed E-state index contributed by atoms with van der Waals surface area (Å²) in [6, 6.07) is 53.2. The summed E-state index contributed by atoms with van der Waals surface area (Å²) in [6.45, 7) is 4.68. The van der Waals surface area contributed by atoms with Gasteiger partial charge in [0.1, 0.15) is 22.3 Å². The highest BCUT2D eigenvalue weighted by Gasteiger charge is 2.37. The van der Waals surface area contributed by atoms with Crippen molar-refractivity contribution in [3.05, 3.63) is 163 Å². The van der Waals surface area contributed by atoms with Gasteiger partial charge in [-0.3, -0.25) is 0 Å². The largest absolute Gasteiger partial charge is 0.455 e. The first kappa shape index (κ1) is 29.6. The molecule has 1 aliphatic rings. The summed E-state index contributed by atoms with van der Waals surface area (Å²) in [5.74, 6) is 0.667. The highest BCUT2D eigenvalue weighted by Crippen LogP contribution is 2.51. The quantitative estimate of drug-likeness (QED) is 0.185. The molecule has 7 aromatic carbocycles. The predicted molar refractivity (Wildman–Crippen MR) is 219 cm³/mol. The van der Waals surface area contributed by atoms with Crippen molar-refractivity contribution in [3.63, 3.8) is 0 Å². The van der Waals surface area contributed by atoms with Gasteiger partial charge in [-0.25, -0.2) is 9.97 Å². The van der Waals surface area contributed by atoms with Gasteiger partial charge in [0.2, 0.25) is 0 Å². The fourth-order valence-electron chi connectivity index (χ4n) is 9.08. The van der Waals surface area contributed by atoms with Crippen LogP contribution >= 0.6 is 0 Å². The minimum Gasteiger partial charge on any atom is -0.455 e. The minimum atomic E-state index is -0.238.